The fourth-order valence-corrected chi connectivity index (χ4v) is 4.58. The Balaban J connectivity index is 1.84. The van der Waals surface area contributed by atoms with Gasteiger partial charge in [-0.05, 0) is 73.8 Å². The summed E-state index contributed by atoms with van der Waals surface area (Å²) < 4.78 is 11.0. The van der Waals surface area contributed by atoms with E-state index in [1.54, 1.807) is 9.80 Å². The molecule has 0 spiro atoms. The van der Waals surface area contributed by atoms with Crippen molar-refractivity contribution in [1.82, 2.24) is 14.7 Å². The van der Waals surface area contributed by atoms with Crippen LogP contribution in [0.3, 0.4) is 0 Å². The summed E-state index contributed by atoms with van der Waals surface area (Å²) in [7, 11) is 0. The van der Waals surface area contributed by atoms with Crippen molar-refractivity contribution in [2.24, 2.45) is 0 Å². The predicted octanol–water partition coefficient (Wildman–Crippen LogP) is 2.75. The monoisotopic (exact) mass is 495 g/mol. The lowest BCUT2D eigenvalue weighted by molar-refractivity contribution is -0.163. The third kappa shape index (κ3) is 9.09. The molecule has 2 heterocycles. The topological polar surface area (TPSA) is 96.5 Å². The van der Waals surface area contributed by atoms with Crippen LogP contribution in [0.2, 0.25) is 0 Å². The molecule has 2 aliphatic rings. The van der Waals surface area contributed by atoms with Crippen LogP contribution in [0.25, 0.3) is 0 Å². The normalized spacial score (nSPS) is 20.9. The van der Waals surface area contributed by atoms with Gasteiger partial charge in [0.05, 0.1) is 0 Å². The van der Waals surface area contributed by atoms with Crippen molar-refractivity contribution < 1.29 is 28.7 Å². The molecule has 9 nitrogen and oxygen atoms in total. The van der Waals surface area contributed by atoms with Gasteiger partial charge in [0.15, 0.2) is 0 Å². The highest BCUT2D eigenvalue weighted by molar-refractivity contribution is 5.86. The second-order valence-electron chi connectivity index (χ2n) is 11.5. The molecule has 0 aromatic rings. The Bertz CT molecular complexity index is 708. The van der Waals surface area contributed by atoms with Crippen LogP contribution in [0, 0.1) is 0 Å². The van der Waals surface area contributed by atoms with Crippen LogP contribution >= 0.6 is 0 Å². The summed E-state index contributed by atoms with van der Waals surface area (Å²) in [6.07, 6.45) is 3.40. The first-order valence-corrected chi connectivity index (χ1v) is 13.0. The molecule has 0 aromatic carbocycles. The molecule has 2 fully saturated rings. The minimum atomic E-state index is -0.586. The number of carbonyl (C=O) groups excluding carboxylic acids is 4. The Morgan fingerprint density at radius 3 is 1.43 bits per heavy atom. The Hall–Kier alpha value is -2.16. The zero-order chi connectivity index (χ0) is 26.4. The zero-order valence-corrected chi connectivity index (χ0v) is 22.7. The van der Waals surface area contributed by atoms with Crippen LogP contribution in [0.15, 0.2) is 0 Å². The molecule has 35 heavy (non-hydrogen) atoms. The highest BCUT2D eigenvalue weighted by Gasteiger charge is 2.38. The lowest BCUT2D eigenvalue weighted by Crippen LogP contribution is -2.45. The molecular formula is C26H45N3O6. The molecule has 0 unspecified atom stereocenters. The minimum Gasteiger partial charge on any atom is -0.458 e. The van der Waals surface area contributed by atoms with Crippen molar-refractivity contribution in [2.75, 3.05) is 32.7 Å². The number of carbonyl (C=O) groups is 4. The molecule has 9 heteroatoms. The van der Waals surface area contributed by atoms with Gasteiger partial charge in [-0.3, -0.25) is 9.59 Å². The van der Waals surface area contributed by atoms with E-state index >= 15 is 0 Å². The fourth-order valence-electron chi connectivity index (χ4n) is 4.58. The first-order chi connectivity index (χ1) is 16.2. The lowest BCUT2D eigenvalue weighted by atomic mass is 10.1. The van der Waals surface area contributed by atoms with Gasteiger partial charge < -0.3 is 24.2 Å². The Kier molecular flexibility index (Phi) is 10.1. The molecule has 0 N–H and O–H groups in total. The summed E-state index contributed by atoms with van der Waals surface area (Å²) in [5, 5.41) is 0. The molecule has 2 rings (SSSR count). The van der Waals surface area contributed by atoms with E-state index in [0.717, 1.165) is 12.8 Å². The summed E-state index contributed by atoms with van der Waals surface area (Å²) in [5.41, 5.74) is -1.17. The van der Waals surface area contributed by atoms with E-state index in [0.29, 0.717) is 45.6 Å². The SMILES string of the molecule is CCN(CCC(=O)N1CCC[C@@H]1C(=O)OC(C)(C)C)CCC(=O)N1CCC[C@@H]1C(=O)OC(C)(C)C. The van der Waals surface area contributed by atoms with Crippen LogP contribution in [0.4, 0.5) is 0 Å². The molecule has 0 aliphatic carbocycles. The van der Waals surface area contributed by atoms with E-state index in [1.165, 1.54) is 0 Å². The van der Waals surface area contributed by atoms with Gasteiger partial charge in [0.2, 0.25) is 11.8 Å². The van der Waals surface area contributed by atoms with Crippen LogP contribution in [0.5, 0.6) is 0 Å². The molecule has 0 bridgehead atoms. The highest BCUT2D eigenvalue weighted by atomic mass is 16.6. The largest absolute Gasteiger partial charge is 0.458 e. The number of hydrogen-bond donors (Lipinski definition) is 0. The molecule has 2 aliphatic heterocycles. The van der Waals surface area contributed by atoms with E-state index in [2.05, 4.69) is 4.90 Å². The zero-order valence-electron chi connectivity index (χ0n) is 22.7. The molecule has 2 atom stereocenters. The number of amides is 2. The van der Waals surface area contributed by atoms with Gasteiger partial charge >= 0.3 is 11.9 Å². The van der Waals surface area contributed by atoms with Gasteiger partial charge in [-0.25, -0.2) is 9.59 Å². The van der Waals surface area contributed by atoms with Crippen LogP contribution < -0.4 is 0 Å². The maximum atomic E-state index is 12.9. The molecule has 0 radical (unpaired) electrons. The van der Waals surface area contributed by atoms with Gasteiger partial charge in [-0.2, -0.15) is 0 Å². The summed E-state index contributed by atoms with van der Waals surface area (Å²) >= 11 is 0. The molecular weight excluding hydrogens is 450 g/mol. The van der Waals surface area contributed by atoms with Crippen molar-refractivity contribution in [3.63, 3.8) is 0 Å². The molecule has 0 aromatic heterocycles. The number of ether oxygens (including phenoxy) is 2. The number of rotatable bonds is 9. The van der Waals surface area contributed by atoms with Gasteiger partial charge in [-0.1, -0.05) is 6.92 Å². The Labute approximate surface area is 210 Å². The van der Waals surface area contributed by atoms with Gasteiger partial charge in [0.1, 0.15) is 23.3 Å². The van der Waals surface area contributed by atoms with Crippen molar-refractivity contribution in [2.45, 2.75) is 110 Å². The maximum Gasteiger partial charge on any atom is 0.329 e. The van der Waals surface area contributed by atoms with Crippen LogP contribution in [-0.4, -0.2) is 94.5 Å². The second kappa shape index (κ2) is 12.2. The summed E-state index contributed by atoms with van der Waals surface area (Å²) in [5.74, 6) is -0.807. The number of hydrogen-bond acceptors (Lipinski definition) is 7. The predicted molar refractivity (Wildman–Crippen MR) is 133 cm³/mol. The van der Waals surface area contributed by atoms with Crippen LogP contribution in [-0.2, 0) is 28.7 Å². The quantitative estimate of drug-likeness (QED) is 0.454. The third-order valence-electron chi connectivity index (χ3n) is 6.24. The van der Waals surface area contributed by atoms with E-state index in [1.807, 2.05) is 48.5 Å². The molecule has 2 saturated heterocycles. The lowest BCUT2D eigenvalue weighted by Gasteiger charge is -2.29. The van der Waals surface area contributed by atoms with Crippen molar-refractivity contribution in [3.05, 3.63) is 0 Å². The van der Waals surface area contributed by atoms with Crippen molar-refractivity contribution in [1.29, 1.82) is 0 Å². The summed E-state index contributed by atoms with van der Waals surface area (Å²) in [6, 6.07) is -1.03. The molecule has 2 amide bonds. The summed E-state index contributed by atoms with van der Waals surface area (Å²) in [4.78, 5) is 56.2. The summed E-state index contributed by atoms with van der Waals surface area (Å²) in [6.45, 7) is 15.8. The van der Waals surface area contributed by atoms with E-state index in [9.17, 15) is 19.2 Å². The highest BCUT2D eigenvalue weighted by Crippen LogP contribution is 2.23. The third-order valence-corrected chi connectivity index (χ3v) is 6.24. The van der Waals surface area contributed by atoms with Crippen molar-refractivity contribution in [3.8, 4) is 0 Å². The Morgan fingerprint density at radius 2 is 1.11 bits per heavy atom. The smallest absolute Gasteiger partial charge is 0.329 e. The van der Waals surface area contributed by atoms with Gasteiger partial charge in [0.25, 0.3) is 0 Å². The number of likely N-dealkylation sites (tertiary alicyclic amines) is 2. The van der Waals surface area contributed by atoms with Gasteiger partial charge in [0, 0.05) is 39.0 Å². The average Bonchev–Trinajstić information content (AvgIpc) is 3.40. The van der Waals surface area contributed by atoms with E-state index < -0.39 is 23.3 Å². The maximum absolute atomic E-state index is 12.9. The standard InChI is InChI=1S/C26H45N3O6/c1-8-27(17-13-21(30)28-15-9-11-19(28)23(32)34-25(2,3)4)18-14-22(31)29-16-10-12-20(29)24(33)35-26(5,6)7/h19-20H,8-18H2,1-7H3/t19-,20-/m1/s1. The minimum absolute atomic E-state index is 0.0623. The number of nitrogens with zero attached hydrogens (tertiary/aromatic N) is 3. The second-order valence-corrected chi connectivity index (χ2v) is 11.5. The van der Waals surface area contributed by atoms with Crippen molar-refractivity contribution >= 4 is 23.8 Å². The molecule has 0 saturated carbocycles. The molecule has 200 valence electrons. The Morgan fingerprint density at radius 1 is 0.743 bits per heavy atom. The fraction of sp³-hybridized carbons (Fsp3) is 0.846. The number of esters is 2. The average molecular weight is 496 g/mol. The van der Waals surface area contributed by atoms with E-state index in [-0.39, 0.29) is 36.6 Å². The van der Waals surface area contributed by atoms with Gasteiger partial charge in [-0.15, -0.1) is 0 Å². The van der Waals surface area contributed by atoms with Crippen LogP contribution in [0.1, 0.15) is 87.0 Å². The first-order valence-electron chi connectivity index (χ1n) is 13.0. The van der Waals surface area contributed by atoms with E-state index in [4.69, 9.17) is 9.47 Å². The first kappa shape index (κ1) is 29.1.